The van der Waals surface area contributed by atoms with Crippen LogP contribution < -0.4 is 17.0 Å². The molecule has 1 heterocycles. The maximum Gasteiger partial charge on any atom is 0.129 e. The predicted octanol–water partition coefficient (Wildman–Crippen LogP) is 2.31. The van der Waals surface area contributed by atoms with E-state index in [1.165, 1.54) is 6.07 Å². The van der Waals surface area contributed by atoms with Gasteiger partial charge in [-0.05, 0) is 30.2 Å². The number of rotatable bonds is 4. The van der Waals surface area contributed by atoms with E-state index in [-0.39, 0.29) is 11.9 Å². The molecular formula is C13H14BrFN4. The molecule has 0 saturated carbocycles. The Morgan fingerprint density at radius 2 is 2.16 bits per heavy atom. The van der Waals surface area contributed by atoms with Gasteiger partial charge in [0.15, 0.2) is 0 Å². The van der Waals surface area contributed by atoms with E-state index in [1.807, 2.05) is 6.07 Å². The number of aromatic nitrogens is 1. The lowest BCUT2D eigenvalue weighted by atomic mass is 9.99. The number of pyridine rings is 1. The van der Waals surface area contributed by atoms with E-state index in [0.29, 0.717) is 22.3 Å². The van der Waals surface area contributed by atoms with Crippen LogP contribution in [0.3, 0.4) is 0 Å². The minimum Gasteiger partial charge on any atom is -0.383 e. The fraction of sp³-hybridized carbons (Fsp3) is 0.154. The first-order valence-electron chi connectivity index (χ1n) is 5.72. The average molecular weight is 325 g/mol. The second-order valence-electron chi connectivity index (χ2n) is 4.14. The van der Waals surface area contributed by atoms with Gasteiger partial charge in [0.25, 0.3) is 0 Å². The first kappa shape index (κ1) is 13.9. The van der Waals surface area contributed by atoms with Crippen LogP contribution in [0.4, 0.5) is 10.2 Å². The van der Waals surface area contributed by atoms with Crippen LogP contribution in [0.2, 0.25) is 0 Å². The van der Waals surface area contributed by atoms with Gasteiger partial charge in [0.05, 0.1) is 6.04 Å². The van der Waals surface area contributed by atoms with Crippen molar-refractivity contribution >= 4 is 21.7 Å². The summed E-state index contributed by atoms with van der Waals surface area (Å²) in [6.45, 7) is 0. The molecule has 0 radical (unpaired) electrons. The van der Waals surface area contributed by atoms with E-state index >= 15 is 0 Å². The van der Waals surface area contributed by atoms with E-state index in [2.05, 4.69) is 26.3 Å². The molecule has 0 saturated heterocycles. The van der Waals surface area contributed by atoms with Crippen LogP contribution in [-0.4, -0.2) is 4.98 Å². The van der Waals surface area contributed by atoms with Crippen LogP contribution in [0, 0.1) is 5.82 Å². The van der Waals surface area contributed by atoms with Crippen LogP contribution in [0.15, 0.2) is 41.0 Å². The molecule has 0 aliphatic carbocycles. The van der Waals surface area contributed by atoms with Crippen molar-refractivity contribution in [3.63, 3.8) is 0 Å². The van der Waals surface area contributed by atoms with Gasteiger partial charge in [-0.3, -0.25) is 11.3 Å². The van der Waals surface area contributed by atoms with Crippen LogP contribution in [0.5, 0.6) is 0 Å². The largest absolute Gasteiger partial charge is 0.383 e. The van der Waals surface area contributed by atoms with Crippen LogP contribution in [0.25, 0.3) is 0 Å². The molecule has 1 atom stereocenters. The molecule has 2 aromatic rings. The average Bonchev–Trinajstić information content (AvgIpc) is 2.39. The molecule has 4 nitrogen and oxygen atoms in total. The summed E-state index contributed by atoms with van der Waals surface area (Å²) in [5.74, 6) is 5.63. The van der Waals surface area contributed by atoms with E-state index < -0.39 is 0 Å². The predicted molar refractivity (Wildman–Crippen MR) is 76.5 cm³/mol. The topological polar surface area (TPSA) is 77.0 Å². The van der Waals surface area contributed by atoms with Crippen LogP contribution >= 0.6 is 15.9 Å². The van der Waals surface area contributed by atoms with Crippen molar-refractivity contribution in [2.24, 2.45) is 5.84 Å². The maximum atomic E-state index is 13.9. The van der Waals surface area contributed by atoms with Crippen molar-refractivity contribution in [1.82, 2.24) is 10.4 Å². The highest BCUT2D eigenvalue weighted by atomic mass is 79.9. The van der Waals surface area contributed by atoms with Crippen molar-refractivity contribution in [2.45, 2.75) is 12.5 Å². The van der Waals surface area contributed by atoms with E-state index in [0.717, 1.165) is 5.56 Å². The lowest BCUT2D eigenvalue weighted by Gasteiger charge is -2.18. The fourth-order valence-corrected chi connectivity index (χ4v) is 2.22. The fourth-order valence-electron chi connectivity index (χ4n) is 1.89. The van der Waals surface area contributed by atoms with Crippen molar-refractivity contribution < 1.29 is 4.39 Å². The van der Waals surface area contributed by atoms with Gasteiger partial charge in [0.1, 0.15) is 11.6 Å². The molecule has 0 fully saturated rings. The summed E-state index contributed by atoms with van der Waals surface area (Å²) in [5, 5.41) is 0. The van der Waals surface area contributed by atoms with Gasteiger partial charge in [-0.25, -0.2) is 9.37 Å². The highest BCUT2D eigenvalue weighted by Crippen LogP contribution is 2.24. The molecular weight excluding hydrogens is 311 g/mol. The molecule has 1 aromatic heterocycles. The number of nitrogens with two attached hydrogens (primary N) is 2. The zero-order chi connectivity index (χ0) is 13.8. The third-order valence-corrected chi connectivity index (χ3v) is 3.38. The molecule has 1 aromatic carbocycles. The number of hydrogen-bond donors (Lipinski definition) is 3. The molecule has 0 bridgehead atoms. The Hall–Kier alpha value is -1.50. The Bertz CT molecular complexity index is 576. The van der Waals surface area contributed by atoms with E-state index in [1.54, 1.807) is 24.4 Å². The number of hydrogen-bond acceptors (Lipinski definition) is 4. The number of hydrazine groups is 1. The van der Waals surface area contributed by atoms with Crippen molar-refractivity contribution in [3.05, 3.63) is 57.9 Å². The minimum absolute atomic E-state index is 0.320. The molecule has 0 aliphatic rings. The van der Waals surface area contributed by atoms with Gasteiger partial charge < -0.3 is 5.73 Å². The zero-order valence-electron chi connectivity index (χ0n) is 10.1. The number of nitrogens with one attached hydrogen (secondary N) is 1. The van der Waals surface area contributed by atoms with E-state index in [4.69, 9.17) is 11.6 Å². The summed E-state index contributed by atoms with van der Waals surface area (Å²) in [7, 11) is 0. The minimum atomic E-state index is -0.361. The van der Waals surface area contributed by atoms with Crippen molar-refractivity contribution in [3.8, 4) is 0 Å². The summed E-state index contributed by atoms with van der Waals surface area (Å²) >= 11 is 3.22. The first-order valence-corrected chi connectivity index (χ1v) is 6.51. The molecule has 1 unspecified atom stereocenters. The van der Waals surface area contributed by atoms with Gasteiger partial charge >= 0.3 is 0 Å². The Morgan fingerprint density at radius 3 is 2.79 bits per heavy atom. The Kier molecular flexibility index (Phi) is 4.47. The lowest BCUT2D eigenvalue weighted by Crippen LogP contribution is -2.30. The third kappa shape index (κ3) is 3.28. The highest BCUT2D eigenvalue weighted by molar-refractivity contribution is 9.10. The Labute approximate surface area is 119 Å². The normalized spacial score (nSPS) is 12.4. The molecule has 0 spiro atoms. The number of halogens is 2. The van der Waals surface area contributed by atoms with Gasteiger partial charge in [-0.2, -0.15) is 0 Å². The molecule has 5 N–H and O–H groups in total. The highest BCUT2D eigenvalue weighted by Gasteiger charge is 2.16. The summed E-state index contributed by atoms with van der Waals surface area (Å²) in [6, 6.07) is 8.15. The number of benzene rings is 1. The Morgan fingerprint density at radius 1 is 1.37 bits per heavy atom. The standard InChI is InChI=1S/C13H14BrFN4/c14-9-3-4-10(11(15)7-9)12(19-17)6-8-2-1-5-18-13(8)16/h1-5,7,12,19H,6,17H2,(H2,16,18). The molecule has 0 aliphatic heterocycles. The molecule has 0 amide bonds. The van der Waals surface area contributed by atoms with Crippen molar-refractivity contribution in [2.75, 3.05) is 5.73 Å². The number of nitrogen functional groups attached to an aromatic ring is 1. The summed E-state index contributed by atoms with van der Waals surface area (Å²) in [4.78, 5) is 4.00. The van der Waals surface area contributed by atoms with Gasteiger partial charge in [0.2, 0.25) is 0 Å². The monoisotopic (exact) mass is 324 g/mol. The van der Waals surface area contributed by atoms with Gasteiger partial charge in [0, 0.05) is 16.2 Å². The smallest absolute Gasteiger partial charge is 0.129 e. The summed E-state index contributed by atoms with van der Waals surface area (Å²) in [6.07, 6.45) is 2.08. The molecule has 6 heteroatoms. The molecule has 100 valence electrons. The lowest BCUT2D eigenvalue weighted by molar-refractivity contribution is 0.510. The molecule has 2 rings (SSSR count). The number of anilines is 1. The zero-order valence-corrected chi connectivity index (χ0v) is 11.7. The summed E-state index contributed by atoms with van der Waals surface area (Å²) in [5.41, 5.74) is 9.72. The quantitative estimate of drug-likeness (QED) is 0.595. The summed E-state index contributed by atoms with van der Waals surface area (Å²) < 4.78 is 14.6. The molecule has 19 heavy (non-hydrogen) atoms. The van der Waals surface area contributed by atoms with Crippen LogP contribution in [-0.2, 0) is 6.42 Å². The van der Waals surface area contributed by atoms with Gasteiger partial charge in [-0.15, -0.1) is 0 Å². The van der Waals surface area contributed by atoms with Gasteiger partial charge in [-0.1, -0.05) is 28.1 Å². The first-order chi connectivity index (χ1) is 9.11. The van der Waals surface area contributed by atoms with Crippen molar-refractivity contribution in [1.29, 1.82) is 0 Å². The Balaban J connectivity index is 2.28. The third-order valence-electron chi connectivity index (χ3n) is 2.89. The van der Waals surface area contributed by atoms with Crippen LogP contribution in [0.1, 0.15) is 17.2 Å². The number of nitrogens with zero attached hydrogens (tertiary/aromatic N) is 1. The second-order valence-corrected chi connectivity index (χ2v) is 5.05. The maximum absolute atomic E-state index is 13.9. The SMILES string of the molecule is NNC(Cc1cccnc1N)c1ccc(Br)cc1F. The second kappa shape index (κ2) is 6.10. The van der Waals surface area contributed by atoms with E-state index in [9.17, 15) is 4.39 Å².